The van der Waals surface area contributed by atoms with Crippen LogP contribution in [0.5, 0.6) is 0 Å². The Hall–Kier alpha value is -3.41. The third kappa shape index (κ3) is 3.60. The monoisotopic (exact) mass is 348 g/mol. The van der Waals surface area contributed by atoms with Crippen molar-refractivity contribution in [2.45, 2.75) is 12.1 Å². The van der Waals surface area contributed by atoms with Crippen LogP contribution in [0.4, 0.5) is 0 Å². The van der Waals surface area contributed by atoms with Gasteiger partial charge in [0.25, 0.3) is 0 Å². The topological polar surface area (TPSA) is 35.8 Å². The third-order valence-corrected chi connectivity index (χ3v) is 4.86. The summed E-state index contributed by atoms with van der Waals surface area (Å²) in [5.41, 5.74) is 3.29. The number of rotatable bonds is 5. The van der Waals surface area contributed by atoms with E-state index in [9.17, 15) is 5.26 Å². The fourth-order valence-corrected chi connectivity index (χ4v) is 3.54. The number of benzene rings is 4. The van der Waals surface area contributed by atoms with E-state index in [-0.39, 0.29) is 6.04 Å². The predicted octanol–water partition coefficient (Wildman–Crippen LogP) is 5.78. The van der Waals surface area contributed by atoms with Gasteiger partial charge in [-0.1, -0.05) is 103 Å². The minimum absolute atomic E-state index is 0.0592. The molecule has 0 saturated heterocycles. The molecule has 0 amide bonds. The first-order valence-corrected chi connectivity index (χ1v) is 9.10. The molecule has 0 unspecified atom stereocenters. The summed E-state index contributed by atoms with van der Waals surface area (Å²) in [4.78, 5) is 0. The lowest BCUT2D eigenvalue weighted by Crippen LogP contribution is -2.26. The highest BCUT2D eigenvalue weighted by Gasteiger charge is 2.21. The van der Waals surface area contributed by atoms with Crippen LogP contribution >= 0.6 is 0 Å². The molecule has 0 saturated carbocycles. The van der Waals surface area contributed by atoms with E-state index < -0.39 is 6.04 Å². The molecule has 1 atom stereocenters. The van der Waals surface area contributed by atoms with E-state index in [2.05, 4.69) is 53.9 Å². The van der Waals surface area contributed by atoms with E-state index in [0.717, 1.165) is 27.5 Å². The van der Waals surface area contributed by atoms with Crippen LogP contribution in [0.1, 0.15) is 28.8 Å². The number of hydrogen-bond acceptors (Lipinski definition) is 2. The van der Waals surface area contributed by atoms with Crippen molar-refractivity contribution in [2.24, 2.45) is 0 Å². The molecule has 0 aliphatic carbocycles. The van der Waals surface area contributed by atoms with Gasteiger partial charge in [0.2, 0.25) is 0 Å². The van der Waals surface area contributed by atoms with Crippen LogP contribution in [0.15, 0.2) is 103 Å². The van der Waals surface area contributed by atoms with Crippen molar-refractivity contribution in [3.8, 4) is 6.07 Å². The van der Waals surface area contributed by atoms with Crippen molar-refractivity contribution in [2.75, 3.05) is 0 Å². The van der Waals surface area contributed by atoms with Crippen molar-refractivity contribution in [3.63, 3.8) is 0 Å². The van der Waals surface area contributed by atoms with E-state index in [1.807, 2.05) is 60.7 Å². The van der Waals surface area contributed by atoms with E-state index >= 15 is 0 Å². The predicted molar refractivity (Wildman–Crippen MR) is 110 cm³/mol. The first kappa shape index (κ1) is 17.0. The normalized spacial score (nSPS) is 12.0. The summed E-state index contributed by atoms with van der Waals surface area (Å²) in [7, 11) is 0. The Kier molecular flexibility index (Phi) is 4.96. The summed E-state index contributed by atoms with van der Waals surface area (Å²) >= 11 is 0. The average Bonchev–Trinajstić information content (AvgIpc) is 2.76. The first-order valence-electron chi connectivity index (χ1n) is 9.10. The second kappa shape index (κ2) is 7.86. The SMILES string of the molecule is N#C[C@H](NC(c1ccccc1)c1ccccc1)c1cccc2ccccc12. The first-order chi connectivity index (χ1) is 13.4. The minimum Gasteiger partial charge on any atom is -0.287 e. The minimum atomic E-state index is -0.415. The van der Waals surface area contributed by atoms with Gasteiger partial charge in [0.15, 0.2) is 0 Å². The zero-order valence-electron chi connectivity index (χ0n) is 14.9. The zero-order valence-corrected chi connectivity index (χ0v) is 14.9. The van der Waals surface area contributed by atoms with Crippen LogP contribution in [0.25, 0.3) is 10.8 Å². The number of nitriles is 1. The summed E-state index contributed by atoms with van der Waals surface area (Å²) in [6, 6.07) is 36.9. The molecule has 4 aromatic rings. The van der Waals surface area contributed by atoms with Gasteiger partial charge in [-0.25, -0.2) is 0 Å². The van der Waals surface area contributed by atoms with Crippen molar-refractivity contribution >= 4 is 10.8 Å². The van der Waals surface area contributed by atoms with Gasteiger partial charge in [0, 0.05) is 0 Å². The molecule has 0 fully saturated rings. The van der Waals surface area contributed by atoms with Crippen LogP contribution in [-0.2, 0) is 0 Å². The summed E-state index contributed by atoms with van der Waals surface area (Å²) < 4.78 is 0. The number of nitrogens with zero attached hydrogens (tertiary/aromatic N) is 1. The summed E-state index contributed by atoms with van der Waals surface area (Å²) in [5, 5.41) is 15.8. The van der Waals surface area contributed by atoms with E-state index in [1.165, 1.54) is 0 Å². The lowest BCUT2D eigenvalue weighted by atomic mass is 9.94. The van der Waals surface area contributed by atoms with Gasteiger partial charge >= 0.3 is 0 Å². The standard InChI is InChI=1S/C25H20N2/c26-18-24(23-17-9-15-19-10-7-8-16-22(19)23)27-25(20-11-3-1-4-12-20)21-13-5-2-6-14-21/h1-17,24-25,27H/t24-/m0/s1. The fraction of sp³-hybridized carbons (Fsp3) is 0.0800. The Morgan fingerprint density at radius 2 is 1.19 bits per heavy atom. The van der Waals surface area contributed by atoms with Crippen molar-refractivity contribution in [3.05, 3.63) is 120 Å². The van der Waals surface area contributed by atoms with Crippen LogP contribution < -0.4 is 5.32 Å². The Morgan fingerprint density at radius 3 is 1.81 bits per heavy atom. The molecule has 0 aromatic heterocycles. The Morgan fingerprint density at radius 1 is 0.630 bits per heavy atom. The molecule has 0 radical (unpaired) electrons. The van der Waals surface area contributed by atoms with Crippen LogP contribution in [0, 0.1) is 11.3 Å². The van der Waals surface area contributed by atoms with Crippen LogP contribution in [-0.4, -0.2) is 0 Å². The molecular formula is C25H20N2. The zero-order chi connectivity index (χ0) is 18.5. The maximum absolute atomic E-state index is 9.97. The van der Waals surface area contributed by atoms with E-state index in [4.69, 9.17) is 0 Å². The second-order valence-corrected chi connectivity index (χ2v) is 6.55. The Bertz CT molecular complexity index is 1020. The van der Waals surface area contributed by atoms with Gasteiger partial charge in [-0.2, -0.15) is 5.26 Å². The quantitative estimate of drug-likeness (QED) is 0.496. The highest BCUT2D eigenvalue weighted by atomic mass is 15.0. The molecule has 1 N–H and O–H groups in total. The highest BCUT2D eigenvalue weighted by molar-refractivity contribution is 5.86. The largest absolute Gasteiger partial charge is 0.287 e. The number of fused-ring (bicyclic) bond motifs is 1. The molecular weight excluding hydrogens is 328 g/mol. The van der Waals surface area contributed by atoms with Crippen LogP contribution in [0.3, 0.4) is 0 Å². The maximum Gasteiger partial charge on any atom is 0.122 e. The summed E-state index contributed by atoms with van der Waals surface area (Å²) in [6.07, 6.45) is 0. The molecule has 4 aromatic carbocycles. The van der Waals surface area contributed by atoms with Gasteiger partial charge in [0.1, 0.15) is 6.04 Å². The van der Waals surface area contributed by atoms with Crippen LogP contribution in [0.2, 0.25) is 0 Å². The average molecular weight is 348 g/mol. The smallest absolute Gasteiger partial charge is 0.122 e. The van der Waals surface area contributed by atoms with Gasteiger partial charge in [-0.3, -0.25) is 5.32 Å². The molecule has 0 bridgehead atoms. The second-order valence-electron chi connectivity index (χ2n) is 6.55. The molecule has 2 heteroatoms. The number of hydrogen-bond donors (Lipinski definition) is 1. The fourth-order valence-electron chi connectivity index (χ4n) is 3.54. The van der Waals surface area contributed by atoms with Gasteiger partial charge in [-0.15, -0.1) is 0 Å². The highest BCUT2D eigenvalue weighted by Crippen LogP contribution is 2.29. The molecule has 0 aliphatic heterocycles. The summed E-state index contributed by atoms with van der Waals surface area (Å²) in [5.74, 6) is 0. The Balaban J connectivity index is 1.76. The van der Waals surface area contributed by atoms with Crippen molar-refractivity contribution in [1.82, 2.24) is 5.32 Å². The van der Waals surface area contributed by atoms with E-state index in [1.54, 1.807) is 0 Å². The molecule has 0 spiro atoms. The Labute approximate surface area is 159 Å². The number of nitrogens with one attached hydrogen (secondary N) is 1. The molecule has 4 rings (SSSR count). The molecule has 130 valence electrons. The van der Waals surface area contributed by atoms with E-state index in [0.29, 0.717) is 0 Å². The van der Waals surface area contributed by atoms with Gasteiger partial charge in [0.05, 0.1) is 12.1 Å². The lowest BCUT2D eigenvalue weighted by molar-refractivity contribution is 0.561. The molecule has 2 nitrogen and oxygen atoms in total. The molecule has 27 heavy (non-hydrogen) atoms. The maximum atomic E-state index is 9.97. The van der Waals surface area contributed by atoms with Crippen molar-refractivity contribution in [1.29, 1.82) is 5.26 Å². The molecule has 0 aliphatic rings. The van der Waals surface area contributed by atoms with Gasteiger partial charge < -0.3 is 0 Å². The summed E-state index contributed by atoms with van der Waals surface area (Å²) in [6.45, 7) is 0. The van der Waals surface area contributed by atoms with Gasteiger partial charge in [-0.05, 0) is 27.5 Å². The third-order valence-electron chi connectivity index (χ3n) is 4.86. The molecule has 0 heterocycles. The lowest BCUT2D eigenvalue weighted by Gasteiger charge is -2.24. The van der Waals surface area contributed by atoms with Crippen molar-refractivity contribution < 1.29 is 0 Å².